The zero-order valence-corrected chi connectivity index (χ0v) is 34.0. The third kappa shape index (κ3) is 12.0. The quantitative estimate of drug-likeness (QED) is 0.0897. The summed E-state index contributed by atoms with van der Waals surface area (Å²) in [5, 5.41) is 2.56. The fourth-order valence-corrected chi connectivity index (χ4v) is 7.61. The lowest BCUT2D eigenvalue weighted by Crippen LogP contribution is -2.75. The van der Waals surface area contributed by atoms with Crippen molar-refractivity contribution in [1.82, 2.24) is 0 Å². The Labute approximate surface area is 377 Å². The van der Waals surface area contributed by atoms with Gasteiger partial charge in [0, 0.05) is 11.5 Å². The first kappa shape index (κ1) is 54.6. The number of allylic oxidation sites excluding steroid dienone is 1. The molecule has 0 fully saturated rings. The highest BCUT2D eigenvalue weighted by atomic mass is 19.4. The third-order valence-electron chi connectivity index (χ3n) is 10.6. The molecule has 0 saturated heterocycles. The summed E-state index contributed by atoms with van der Waals surface area (Å²) in [6.45, 7) is 3.74. The monoisotopic (exact) mass is 1030 g/mol. The highest BCUT2D eigenvalue weighted by Gasteiger charge is 2.47. The van der Waals surface area contributed by atoms with Gasteiger partial charge < -0.3 is 0 Å². The maximum absolute atomic E-state index is 14.2. The van der Waals surface area contributed by atoms with Gasteiger partial charge in [0.2, 0.25) is 0 Å². The van der Waals surface area contributed by atoms with Crippen molar-refractivity contribution in [2.24, 2.45) is 0 Å². The summed E-state index contributed by atoms with van der Waals surface area (Å²) in [7, 11) is 0. The topological polar surface area (TPSA) is 14.1 Å². The van der Waals surface area contributed by atoms with Crippen molar-refractivity contribution in [3.05, 3.63) is 172 Å². The molecule has 1 heterocycles. The number of aromatic nitrogens is 1. The number of H-pyrrole nitrogens is 1. The van der Waals surface area contributed by atoms with Crippen LogP contribution in [0, 0.1) is 0 Å². The van der Waals surface area contributed by atoms with Crippen molar-refractivity contribution in [3.63, 3.8) is 0 Å². The van der Waals surface area contributed by atoms with Gasteiger partial charge in [0.15, 0.2) is 11.9 Å². The number of fused-ring (bicyclic) bond motifs is 1. The van der Waals surface area contributed by atoms with Crippen molar-refractivity contribution >= 4 is 38.8 Å². The Kier molecular flexibility index (Phi) is 14.4. The zero-order valence-electron chi connectivity index (χ0n) is 34.0. The Balaban J connectivity index is 0.000000600. The van der Waals surface area contributed by atoms with Crippen LogP contribution in [0.4, 0.5) is 105 Å². The second-order valence-electron chi connectivity index (χ2n) is 15.3. The molecule has 6 rings (SSSR count). The van der Waals surface area contributed by atoms with Crippen LogP contribution in [0.15, 0.2) is 122 Å². The Morgan fingerprint density at radius 1 is 0.357 bits per heavy atom. The normalized spacial score (nSPS) is 13.5. The molecule has 0 spiro atoms. The van der Waals surface area contributed by atoms with Gasteiger partial charge in [-0.3, -0.25) is 0 Å². The van der Waals surface area contributed by atoms with Gasteiger partial charge in [0.1, 0.15) is 6.15 Å². The van der Waals surface area contributed by atoms with E-state index in [0.29, 0.717) is 0 Å². The minimum atomic E-state index is -6.13. The summed E-state index contributed by atoms with van der Waals surface area (Å²) in [6, 6.07) is 1.64. The maximum Gasteiger partial charge on any atom is 0.416 e. The second kappa shape index (κ2) is 18.4. The van der Waals surface area contributed by atoms with Crippen LogP contribution in [0.3, 0.4) is 0 Å². The molecule has 1 nitrogen and oxygen atoms in total. The van der Waals surface area contributed by atoms with E-state index in [1.165, 1.54) is 16.5 Å². The van der Waals surface area contributed by atoms with Crippen LogP contribution in [0.2, 0.25) is 0 Å². The number of hydrogen-bond donors (Lipinski definition) is 0. The van der Waals surface area contributed by atoms with Crippen molar-refractivity contribution in [3.8, 4) is 0 Å². The molecule has 70 heavy (non-hydrogen) atoms. The van der Waals surface area contributed by atoms with Gasteiger partial charge >= 0.3 is 49.4 Å². The molecule has 0 atom stereocenters. The fourth-order valence-electron chi connectivity index (χ4n) is 7.61. The van der Waals surface area contributed by atoms with Crippen LogP contribution < -0.4 is 26.8 Å². The predicted octanol–water partition coefficient (Wildman–Crippen LogP) is 13.6. The van der Waals surface area contributed by atoms with Gasteiger partial charge in [-0.1, -0.05) is 72.8 Å². The van der Waals surface area contributed by atoms with Gasteiger partial charge in [-0.25, -0.2) is 4.98 Å². The summed E-state index contributed by atoms with van der Waals surface area (Å²) < 4.78 is 341. The number of halogens is 24. The number of rotatable bonds is 6. The highest BCUT2D eigenvalue weighted by molar-refractivity contribution is 7.20. The molecular formula is C44H24BF24N. The Morgan fingerprint density at radius 2 is 0.600 bits per heavy atom. The van der Waals surface area contributed by atoms with Gasteiger partial charge in [0.25, 0.3) is 0 Å². The molecule has 26 heteroatoms. The first-order valence-electron chi connectivity index (χ1n) is 19.0. The largest absolute Gasteiger partial charge is 0.416 e. The lowest BCUT2D eigenvalue weighted by molar-refractivity contribution is -0.386. The lowest BCUT2D eigenvalue weighted by Gasteiger charge is -2.46. The molecule has 376 valence electrons. The fraction of sp³-hybridized carbons (Fsp3) is 0.205. The number of aromatic amines is 1. The summed E-state index contributed by atoms with van der Waals surface area (Å²) in [5.74, 6) is 0. The van der Waals surface area contributed by atoms with E-state index in [1.54, 1.807) is 0 Å². The Bertz CT molecular complexity index is 2430. The van der Waals surface area contributed by atoms with Gasteiger partial charge in [-0.05, 0) is 35.7 Å². The standard InChI is InChI=1S/C32H12BF24.C12H11N/c34-25(35,36)13-1-14(26(37,38)39)6-21(5-13)33(22-7-15(27(40,41)42)2-16(8-22)28(43,44)45,23-9-17(29(46,47)48)3-18(10-23)30(49,50)51)24-11-19(31(52,53)54)4-20(12-24)32(55,56)57;1-2-5-12-11-7-4-3-6-10(11)8-9-13-12/h1-12H;2-4,6-9H,1,5H2/q-1;/p+1. The van der Waals surface area contributed by atoms with Crippen molar-refractivity contribution < 1.29 is 110 Å². The van der Waals surface area contributed by atoms with E-state index in [9.17, 15) is 105 Å². The molecule has 0 unspecified atom stereocenters. The van der Waals surface area contributed by atoms with E-state index in [0.717, 1.165) is 6.42 Å². The van der Waals surface area contributed by atoms with E-state index in [1.807, 2.05) is 12.3 Å². The van der Waals surface area contributed by atoms with Crippen LogP contribution in [-0.2, 0) is 55.8 Å². The van der Waals surface area contributed by atoms with E-state index in [2.05, 4.69) is 41.9 Å². The van der Waals surface area contributed by atoms with Crippen LogP contribution in [-0.4, -0.2) is 6.15 Å². The molecule has 0 aliphatic rings. The number of pyridine rings is 1. The van der Waals surface area contributed by atoms with Crippen LogP contribution in [0.25, 0.3) is 10.8 Å². The SMILES string of the molecule is C=CCc1[nH+]ccc2ccccc12.FC(F)(F)c1cc([B-](c2cc(C(F)(F)F)cc(C(F)(F)F)c2)(c2cc(C(F)(F)F)cc(C(F)(F)F)c2)c2cc(C(F)(F)F)cc(C(F)(F)F)c2)cc(C(F)(F)F)c1. The summed E-state index contributed by atoms with van der Waals surface area (Å²) in [4.78, 5) is 3.24. The van der Waals surface area contributed by atoms with E-state index < -0.39 is 195 Å². The Morgan fingerprint density at radius 3 is 0.829 bits per heavy atom. The molecule has 0 aliphatic heterocycles. The van der Waals surface area contributed by atoms with E-state index in [4.69, 9.17) is 0 Å². The van der Waals surface area contributed by atoms with E-state index in [-0.39, 0.29) is 0 Å². The molecule has 0 radical (unpaired) electrons. The lowest BCUT2D eigenvalue weighted by atomic mass is 9.12. The Hall–Kier alpha value is -6.37. The molecule has 5 aromatic carbocycles. The third-order valence-corrected chi connectivity index (χ3v) is 10.6. The number of nitrogens with one attached hydrogen (secondary N) is 1. The number of hydrogen-bond acceptors (Lipinski definition) is 0. The second-order valence-corrected chi connectivity index (χ2v) is 15.3. The molecule has 0 amide bonds. The number of alkyl halides is 24. The summed E-state index contributed by atoms with van der Waals surface area (Å²) in [5.41, 5.74) is -29.0. The zero-order chi connectivity index (χ0) is 53.0. The van der Waals surface area contributed by atoms with Crippen molar-refractivity contribution in [2.45, 2.75) is 55.8 Å². The summed E-state index contributed by atoms with van der Waals surface area (Å²) >= 11 is 0. The van der Waals surface area contributed by atoms with Crippen LogP contribution >= 0.6 is 0 Å². The van der Waals surface area contributed by atoms with Crippen LogP contribution in [0.5, 0.6) is 0 Å². The van der Waals surface area contributed by atoms with Crippen molar-refractivity contribution in [1.29, 1.82) is 0 Å². The molecule has 0 bridgehead atoms. The minimum absolute atomic E-state index is 0.691. The molecular weight excluding hydrogens is 1010 g/mol. The molecule has 1 aromatic heterocycles. The van der Waals surface area contributed by atoms with Gasteiger partial charge in [-0.2, -0.15) is 127 Å². The average molecular weight is 1030 g/mol. The molecule has 0 saturated carbocycles. The maximum atomic E-state index is 14.2. The van der Waals surface area contributed by atoms with Gasteiger partial charge in [0.05, 0.1) is 50.9 Å². The van der Waals surface area contributed by atoms with Crippen LogP contribution in [0.1, 0.15) is 50.2 Å². The van der Waals surface area contributed by atoms with Crippen molar-refractivity contribution in [2.75, 3.05) is 0 Å². The van der Waals surface area contributed by atoms with Gasteiger partial charge in [-0.15, -0.1) is 6.58 Å². The summed E-state index contributed by atoms with van der Waals surface area (Å²) in [6.07, 6.45) is -50.0. The molecule has 6 aromatic rings. The number of benzene rings is 5. The molecule has 1 N–H and O–H groups in total. The predicted molar refractivity (Wildman–Crippen MR) is 204 cm³/mol. The highest BCUT2D eigenvalue weighted by Crippen LogP contribution is 2.41. The first-order valence-corrected chi connectivity index (χ1v) is 19.0. The smallest absolute Gasteiger partial charge is 0.214 e. The minimum Gasteiger partial charge on any atom is -0.214 e. The average Bonchev–Trinajstić information content (AvgIpc) is 3.21. The molecule has 0 aliphatic carbocycles. The first-order chi connectivity index (χ1) is 31.7. The van der Waals surface area contributed by atoms with E-state index >= 15 is 0 Å².